The van der Waals surface area contributed by atoms with Gasteiger partial charge in [0.1, 0.15) is 13.2 Å². The first-order chi connectivity index (χ1) is 29.0. The molecule has 0 N–H and O–H groups in total. The topological polar surface area (TPSA) is 78.9 Å². The Labute approximate surface area is 367 Å². The Morgan fingerprint density at radius 1 is 0.322 bits per heavy atom. The number of allylic oxidation sites excluding steroid dienone is 2. The minimum atomic E-state index is -0.766. The van der Waals surface area contributed by atoms with Crippen LogP contribution in [-0.2, 0) is 28.6 Å². The van der Waals surface area contributed by atoms with Gasteiger partial charge in [-0.25, -0.2) is 0 Å². The van der Waals surface area contributed by atoms with Crippen LogP contribution < -0.4 is 0 Å². The van der Waals surface area contributed by atoms with Crippen LogP contribution in [0.1, 0.15) is 290 Å². The Balaban J connectivity index is 4.33. The summed E-state index contributed by atoms with van der Waals surface area (Å²) in [6.45, 7) is 6.66. The lowest BCUT2D eigenvalue weighted by molar-refractivity contribution is -0.167. The highest BCUT2D eigenvalue weighted by atomic mass is 16.6. The molecule has 0 bridgehead atoms. The third-order valence-electron chi connectivity index (χ3n) is 11.8. The lowest BCUT2D eigenvalue weighted by Gasteiger charge is -2.18. The second-order valence-electron chi connectivity index (χ2n) is 17.8. The molecular formula is C53H100O6. The summed E-state index contributed by atoms with van der Waals surface area (Å²) in [6.07, 6.45) is 53.3. The van der Waals surface area contributed by atoms with Crippen LogP contribution in [0.25, 0.3) is 0 Å². The first kappa shape index (κ1) is 57.1. The predicted octanol–water partition coefficient (Wildman–Crippen LogP) is 17.0. The molecule has 0 heterocycles. The van der Waals surface area contributed by atoms with E-state index in [4.69, 9.17) is 14.2 Å². The first-order valence-corrected chi connectivity index (χ1v) is 26.2. The summed E-state index contributed by atoms with van der Waals surface area (Å²) in [7, 11) is 0. The fraction of sp³-hybridized carbons (Fsp3) is 0.906. The summed E-state index contributed by atoms with van der Waals surface area (Å²) in [5.41, 5.74) is 0. The number of hydrogen-bond donors (Lipinski definition) is 0. The SMILES string of the molecule is CCCCCCCCC=CCCCCCCCC(=O)OCC(COC(=O)CCCCCCCCCCCCCCC)OC(=O)CCCCCCCCCCCCCCC. The number of carbonyl (C=O) groups is 3. The molecular weight excluding hydrogens is 733 g/mol. The lowest BCUT2D eigenvalue weighted by atomic mass is 10.0. The van der Waals surface area contributed by atoms with E-state index in [1.54, 1.807) is 0 Å². The third kappa shape index (κ3) is 47.1. The average Bonchev–Trinajstić information content (AvgIpc) is 3.23. The normalized spacial score (nSPS) is 12.0. The Hall–Kier alpha value is -1.85. The molecule has 1 unspecified atom stereocenters. The molecule has 6 nitrogen and oxygen atoms in total. The van der Waals surface area contributed by atoms with E-state index in [9.17, 15) is 14.4 Å². The van der Waals surface area contributed by atoms with Gasteiger partial charge in [-0.3, -0.25) is 14.4 Å². The van der Waals surface area contributed by atoms with Crippen LogP contribution in [0.15, 0.2) is 12.2 Å². The molecule has 0 aliphatic rings. The number of carbonyl (C=O) groups excluding carboxylic acids is 3. The number of ether oxygens (including phenoxy) is 3. The van der Waals surface area contributed by atoms with Gasteiger partial charge in [0.2, 0.25) is 0 Å². The van der Waals surface area contributed by atoms with Gasteiger partial charge in [-0.1, -0.05) is 238 Å². The Bertz CT molecular complexity index is 916. The highest BCUT2D eigenvalue weighted by Gasteiger charge is 2.19. The van der Waals surface area contributed by atoms with Crippen LogP contribution in [0.3, 0.4) is 0 Å². The highest BCUT2D eigenvalue weighted by molar-refractivity contribution is 5.71. The number of unbranched alkanes of at least 4 members (excludes halogenated alkanes) is 35. The van der Waals surface area contributed by atoms with E-state index in [1.807, 2.05) is 0 Å². The minimum absolute atomic E-state index is 0.0672. The van der Waals surface area contributed by atoms with Gasteiger partial charge in [-0.2, -0.15) is 0 Å². The van der Waals surface area contributed by atoms with E-state index in [2.05, 4.69) is 32.9 Å². The van der Waals surface area contributed by atoms with Gasteiger partial charge in [0.15, 0.2) is 6.10 Å². The Kier molecular flexibility index (Phi) is 47.3. The summed E-state index contributed by atoms with van der Waals surface area (Å²) in [6, 6.07) is 0. The van der Waals surface area contributed by atoms with Crippen molar-refractivity contribution in [3.05, 3.63) is 12.2 Å². The summed E-state index contributed by atoms with van der Waals surface area (Å²) in [5, 5.41) is 0. The molecule has 1 atom stereocenters. The highest BCUT2D eigenvalue weighted by Crippen LogP contribution is 2.16. The molecule has 0 aromatic carbocycles. The summed E-state index contributed by atoms with van der Waals surface area (Å²) >= 11 is 0. The Morgan fingerprint density at radius 3 is 0.847 bits per heavy atom. The van der Waals surface area contributed by atoms with E-state index in [-0.39, 0.29) is 31.1 Å². The zero-order chi connectivity index (χ0) is 43.0. The predicted molar refractivity (Wildman–Crippen MR) is 252 cm³/mol. The van der Waals surface area contributed by atoms with Crippen LogP contribution in [0, 0.1) is 0 Å². The van der Waals surface area contributed by atoms with Crippen LogP contribution in [-0.4, -0.2) is 37.2 Å². The molecule has 0 aromatic rings. The lowest BCUT2D eigenvalue weighted by Crippen LogP contribution is -2.30. The van der Waals surface area contributed by atoms with Gasteiger partial charge >= 0.3 is 17.9 Å². The maximum Gasteiger partial charge on any atom is 0.306 e. The Morgan fingerprint density at radius 2 is 0.559 bits per heavy atom. The standard InChI is InChI=1S/C53H100O6/c1-4-7-10-13-16-19-22-25-26-29-31-34-37-40-43-46-52(55)58-49-50(59-53(56)47-44-41-38-35-32-28-24-21-18-15-12-9-6-3)48-57-51(54)45-42-39-36-33-30-27-23-20-17-14-11-8-5-2/h25-26,50H,4-24,27-49H2,1-3H3. The van der Waals surface area contributed by atoms with Crippen molar-refractivity contribution in [2.45, 2.75) is 297 Å². The largest absolute Gasteiger partial charge is 0.462 e. The third-order valence-corrected chi connectivity index (χ3v) is 11.8. The van der Waals surface area contributed by atoms with Gasteiger partial charge in [0, 0.05) is 19.3 Å². The molecule has 348 valence electrons. The molecule has 0 saturated heterocycles. The minimum Gasteiger partial charge on any atom is -0.462 e. The van der Waals surface area contributed by atoms with Crippen molar-refractivity contribution >= 4 is 17.9 Å². The fourth-order valence-corrected chi connectivity index (χ4v) is 7.79. The zero-order valence-corrected chi connectivity index (χ0v) is 39.8. The van der Waals surface area contributed by atoms with Crippen molar-refractivity contribution in [2.24, 2.45) is 0 Å². The quantitative estimate of drug-likeness (QED) is 0.0263. The smallest absolute Gasteiger partial charge is 0.306 e. The van der Waals surface area contributed by atoms with E-state index in [1.165, 1.54) is 186 Å². The second kappa shape index (κ2) is 48.8. The number of esters is 3. The second-order valence-corrected chi connectivity index (χ2v) is 17.8. The van der Waals surface area contributed by atoms with Crippen molar-refractivity contribution in [3.63, 3.8) is 0 Å². The molecule has 0 spiro atoms. The molecule has 0 aliphatic carbocycles. The van der Waals surface area contributed by atoms with Crippen LogP contribution in [0.4, 0.5) is 0 Å². The molecule has 59 heavy (non-hydrogen) atoms. The van der Waals surface area contributed by atoms with Crippen LogP contribution in [0.2, 0.25) is 0 Å². The molecule has 0 amide bonds. The summed E-state index contributed by atoms with van der Waals surface area (Å²) in [5.74, 6) is -0.859. The molecule has 0 fully saturated rings. The summed E-state index contributed by atoms with van der Waals surface area (Å²) < 4.78 is 16.8. The van der Waals surface area contributed by atoms with E-state index in [0.29, 0.717) is 19.3 Å². The van der Waals surface area contributed by atoms with Crippen molar-refractivity contribution in [3.8, 4) is 0 Å². The van der Waals surface area contributed by atoms with Gasteiger partial charge < -0.3 is 14.2 Å². The fourth-order valence-electron chi connectivity index (χ4n) is 7.79. The monoisotopic (exact) mass is 833 g/mol. The average molecular weight is 833 g/mol. The van der Waals surface area contributed by atoms with Gasteiger partial charge in [-0.05, 0) is 44.9 Å². The van der Waals surface area contributed by atoms with E-state index in [0.717, 1.165) is 64.2 Å². The van der Waals surface area contributed by atoms with Crippen molar-refractivity contribution in [1.82, 2.24) is 0 Å². The first-order valence-electron chi connectivity index (χ1n) is 26.2. The zero-order valence-electron chi connectivity index (χ0n) is 39.8. The summed E-state index contributed by atoms with van der Waals surface area (Å²) in [4.78, 5) is 37.9. The molecule has 0 rings (SSSR count). The molecule has 0 aliphatic heterocycles. The molecule has 0 aromatic heterocycles. The van der Waals surface area contributed by atoms with Crippen LogP contribution in [0.5, 0.6) is 0 Å². The molecule has 0 radical (unpaired) electrons. The van der Waals surface area contributed by atoms with Gasteiger partial charge in [-0.15, -0.1) is 0 Å². The van der Waals surface area contributed by atoms with Crippen molar-refractivity contribution < 1.29 is 28.6 Å². The van der Waals surface area contributed by atoms with Crippen molar-refractivity contribution in [1.29, 1.82) is 0 Å². The molecule has 6 heteroatoms. The van der Waals surface area contributed by atoms with E-state index < -0.39 is 6.10 Å². The maximum atomic E-state index is 12.8. The number of hydrogen-bond acceptors (Lipinski definition) is 6. The number of rotatable bonds is 48. The molecule has 0 saturated carbocycles. The van der Waals surface area contributed by atoms with Crippen LogP contribution >= 0.6 is 0 Å². The van der Waals surface area contributed by atoms with Gasteiger partial charge in [0.25, 0.3) is 0 Å². The maximum absolute atomic E-state index is 12.8. The van der Waals surface area contributed by atoms with E-state index >= 15 is 0 Å². The van der Waals surface area contributed by atoms with Gasteiger partial charge in [0.05, 0.1) is 0 Å². The van der Waals surface area contributed by atoms with Crippen molar-refractivity contribution in [2.75, 3.05) is 13.2 Å².